The van der Waals surface area contributed by atoms with Crippen LogP contribution in [0.3, 0.4) is 0 Å². The van der Waals surface area contributed by atoms with Gasteiger partial charge in [-0.25, -0.2) is 13.2 Å². The summed E-state index contributed by atoms with van der Waals surface area (Å²) >= 11 is 0. The van der Waals surface area contributed by atoms with Gasteiger partial charge in [-0.05, 0) is 24.3 Å². The Balaban J connectivity index is 1.75. The number of ether oxygens (including phenoxy) is 2. The standard InChI is InChI=1S/C22H25N3O5S/c1-4-25(5-2)31(27,28)19-13-20(24(3)15-19)22(26)29-16-17-9-6-7-11-21(17)30-18-10-8-12-23-14-18/h6-15H,4-5,16H2,1-3H3. The van der Waals surface area contributed by atoms with Crippen molar-refractivity contribution in [3.05, 3.63) is 72.3 Å². The minimum Gasteiger partial charge on any atom is -0.456 e. The van der Waals surface area contributed by atoms with Gasteiger partial charge in [-0.2, -0.15) is 4.31 Å². The highest BCUT2D eigenvalue weighted by atomic mass is 32.2. The number of aromatic nitrogens is 2. The summed E-state index contributed by atoms with van der Waals surface area (Å²) in [6.45, 7) is 4.20. The molecule has 0 atom stereocenters. The van der Waals surface area contributed by atoms with Crippen LogP contribution in [0.15, 0.2) is 66.0 Å². The van der Waals surface area contributed by atoms with E-state index < -0.39 is 16.0 Å². The first kappa shape index (κ1) is 22.5. The zero-order valence-corrected chi connectivity index (χ0v) is 18.5. The third kappa shape index (κ3) is 5.12. The molecule has 0 bridgehead atoms. The fraction of sp³-hybridized carbons (Fsp3) is 0.273. The monoisotopic (exact) mass is 443 g/mol. The fourth-order valence-electron chi connectivity index (χ4n) is 3.07. The van der Waals surface area contributed by atoms with Gasteiger partial charge in [0.2, 0.25) is 10.0 Å². The molecule has 0 radical (unpaired) electrons. The summed E-state index contributed by atoms with van der Waals surface area (Å²) < 4.78 is 39.5. The average Bonchev–Trinajstić information content (AvgIpc) is 3.17. The van der Waals surface area contributed by atoms with Crippen molar-refractivity contribution in [1.82, 2.24) is 13.9 Å². The SMILES string of the molecule is CCN(CC)S(=O)(=O)c1cc(C(=O)OCc2ccccc2Oc2cccnc2)n(C)c1. The molecule has 2 aromatic heterocycles. The van der Waals surface area contributed by atoms with Crippen LogP contribution in [0, 0.1) is 0 Å². The molecule has 0 aliphatic carbocycles. The smallest absolute Gasteiger partial charge is 0.355 e. The molecule has 0 fully saturated rings. The van der Waals surface area contributed by atoms with Gasteiger partial charge in [0.25, 0.3) is 0 Å². The Hall–Kier alpha value is -3.17. The van der Waals surface area contributed by atoms with Crippen molar-refractivity contribution in [3.8, 4) is 11.5 Å². The summed E-state index contributed by atoms with van der Waals surface area (Å²) in [6.07, 6.45) is 4.66. The van der Waals surface area contributed by atoms with Crippen LogP contribution in [0.25, 0.3) is 0 Å². The second kappa shape index (κ2) is 9.76. The Morgan fingerprint density at radius 1 is 1.13 bits per heavy atom. The Morgan fingerprint density at radius 3 is 2.55 bits per heavy atom. The van der Waals surface area contributed by atoms with E-state index in [2.05, 4.69) is 4.98 Å². The molecule has 0 aliphatic rings. The van der Waals surface area contributed by atoms with Gasteiger partial charge in [0.15, 0.2) is 0 Å². The number of esters is 1. The summed E-state index contributed by atoms with van der Waals surface area (Å²) in [6, 6.07) is 12.1. The molecule has 0 amide bonds. The van der Waals surface area contributed by atoms with Gasteiger partial charge in [-0.3, -0.25) is 4.98 Å². The lowest BCUT2D eigenvalue weighted by Gasteiger charge is -2.17. The molecule has 3 aromatic rings. The number of nitrogens with zero attached hydrogens (tertiary/aromatic N) is 3. The number of para-hydroxylation sites is 1. The summed E-state index contributed by atoms with van der Waals surface area (Å²) in [4.78, 5) is 16.7. The molecule has 9 heteroatoms. The van der Waals surface area contributed by atoms with Gasteiger partial charge in [0.1, 0.15) is 28.7 Å². The summed E-state index contributed by atoms with van der Waals surface area (Å²) in [5.41, 5.74) is 0.821. The zero-order valence-electron chi connectivity index (χ0n) is 17.7. The molecule has 0 aliphatic heterocycles. The molecule has 8 nitrogen and oxygen atoms in total. The second-order valence-corrected chi connectivity index (χ2v) is 8.67. The first-order valence-corrected chi connectivity index (χ1v) is 11.3. The molecule has 0 saturated carbocycles. The van der Waals surface area contributed by atoms with Crippen LogP contribution in [-0.2, 0) is 28.4 Å². The number of carbonyl (C=O) groups is 1. The van der Waals surface area contributed by atoms with E-state index in [1.54, 1.807) is 57.6 Å². The molecule has 3 rings (SSSR count). The molecular formula is C22H25N3O5S. The average molecular weight is 444 g/mol. The Labute approximate surface area is 182 Å². The van der Waals surface area contributed by atoms with Crippen LogP contribution >= 0.6 is 0 Å². The van der Waals surface area contributed by atoms with Crippen molar-refractivity contribution in [3.63, 3.8) is 0 Å². The molecular weight excluding hydrogens is 418 g/mol. The van der Waals surface area contributed by atoms with E-state index in [0.717, 1.165) is 0 Å². The van der Waals surface area contributed by atoms with Crippen LogP contribution in [0.5, 0.6) is 11.5 Å². The predicted molar refractivity (Wildman–Crippen MR) is 115 cm³/mol. The van der Waals surface area contributed by atoms with E-state index in [9.17, 15) is 13.2 Å². The normalized spacial score (nSPS) is 11.5. The van der Waals surface area contributed by atoms with Crippen LogP contribution in [0.4, 0.5) is 0 Å². The number of aryl methyl sites for hydroxylation is 1. The number of carbonyl (C=O) groups excluding carboxylic acids is 1. The summed E-state index contributed by atoms with van der Waals surface area (Å²) in [7, 11) is -2.06. The van der Waals surface area contributed by atoms with Crippen LogP contribution < -0.4 is 4.74 Å². The Kier molecular flexibility index (Phi) is 7.09. The quantitative estimate of drug-likeness (QED) is 0.470. The maximum Gasteiger partial charge on any atom is 0.355 e. The Bertz CT molecular complexity index is 1140. The maximum atomic E-state index is 12.7. The summed E-state index contributed by atoms with van der Waals surface area (Å²) in [5.74, 6) is 0.481. The molecule has 0 unspecified atom stereocenters. The lowest BCUT2D eigenvalue weighted by atomic mass is 10.2. The van der Waals surface area contributed by atoms with E-state index >= 15 is 0 Å². The van der Waals surface area contributed by atoms with Crippen molar-refractivity contribution in [2.75, 3.05) is 13.1 Å². The fourth-order valence-corrected chi connectivity index (χ4v) is 4.59. The van der Waals surface area contributed by atoms with Gasteiger partial charge in [-0.1, -0.05) is 32.0 Å². The molecule has 0 N–H and O–H groups in total. The van der Waals surface area contributed by atoms with E-state index in [-0.39, 0.29) is 17.2 Å². The number of rotatable bonds is 9. The van der Waals surface area contributed by atoms with Crippen LogP contribution in [0.1, 0.15) is 29.9 Å². The van der Waals surface area contributed by atoms with Gasteiger partial charge < -0.3 is 14.0 Å². The lowest BCUT2D eigenvalue weighted by molar-refractivity contribution is 0.0459. The first-order valence-electron chi connectivity index (χ1n) is 9.86. The number of benzene rings is 1. The van der Waals surface area contributed by atoms with E-state index in [0.29, 0.717) is 30.2 Å². The molecule has 0 saturated heterocycles. The Morgan fingerprint density at radius 2 is 1.87 bits per heavy atom. The highest BCUT2D eigenvalue weighted by Gasteiger charge is 2.26. The zero-order chi connectivity index (χ0) is 22.4. The minimum atomic E-state index is -3.67. The number of pyridine rings is 1. The minimum absolute atomic E-state index is 0.0292. The molecule has 0 spiro atoms. The van der Waals surface area contributed by atoms with Gasteiger partial charge in [0, 0.05) is 38.1 Å². The van der Waals surface area contributed by atoms with Crippen molar-refractivity contribution in [2.45, 2.75) is 25.3 Å². The number of hydrogen-bond acceptors (Lipinski definition) is 6. The topological polar surface area (TPSA) is 90.7 Å². The van der Waals surface area contributed by atoms with Gasteiger partial charge in [-0.15, -0.1) is 0 Å². The molecule has 1 aromatic carbocycles. The summed E-state index contributed by atoms with van der Waals surface area (Å²) in [5, 5.41) is 0. The second-order valence-electron chi connectivity index (χ2n) is 6.74. The highest BCUT2D eigenvalue weighted by molar-refractivity contribution is 7.89. The number of sulfonamides is 1. The maximum absolute atomic E-state index is 12.7. The third-order valence-electron chi connectivity index (χ3n) is 4.73. The first-order chi connectivity index (χ1) is 14.9. The van der Waals surface area contributed by atoms with E-state index in [1.807, 2.05) is 12.1 Å². The lowest BCUT2D eigenvalue weighted by Crippen LogP contribution is -2.30. The van der Waals surface area contributed by atoms with Crippen LogP contribution in [0.2, 0.25) is 0 Å². The van der Waals surface area contributed by atoms with Crippen LogP contribution in [-0.4, -0.2) is 41.3 Å². The largest absolute Gasteiger partial charge is 0.456 e. The van der Waals surface area contributed by atoms with Crippen molar-refractivity contribution in [2.24, 2.45) is 7.05 Å². The molecule has 2 heterocycles. The third-order valence-corrected chi connectivity index (χ3v) is 6.74. The van der Waals surface area contributed by atoms with Gasteiger partial charge >= 0.3 is 5.97 Å². The van der Waals surface area contributed by atoms with E-state index in [4.69, 9.17) is 9.47 Å². The van der Waals surface area contributed by atoms with E-state index in [1.165, 1.54) is 21.1 Å². The highest BCUT2D eigenvalue weighted by Crippen LogP contribution is 2.26. The predicted octanol–water partition coefficient (Wildman–Crippen LogP) is 3.60. The molecule has 164 valence electrons. The van der Waals surface area contributed by atoms with Gasteiger partial charge in [0.05, 0.1) is 6.20 Å². The number of hydrogen-bond donors (Lipinski definition) is 0. The van der Waals surface area contributed by atoms with Crippen molar-refractivity contribution >= 4 is 16.0 Å². The van der Waals surface area contributed by atoms with Crippen molar-refractivity contribution < 1.29 is 22.7 Å². The van der Waals surface area contributed by atoms with Crippen molar-refractivity contribution in [1.29, 1.82) is 0 Å². The molecule has 31 heavy (non-hydrogen) atoms.